The minimum absolute atomic E-state index is 0.188. The first kappa shape index (κ1) is 19.0. The van der Waals surface area contributed by atoms with Crippen molar-refractivity contribution in [3.63, 3.8) is 0 Å². The highest BCUT2D eigenvalue weighted by molar-refractivity contribution is 9.10. The molecule has 0 fully saturated rings. The summed E-state index contributed by atoms with van der Waals surface area (Å²) in [4.78, 5) is 16.6. The van der Waals surface area contributed by atoms with E-state index in [1.165, 1.54) is 12.1 Å². The lowest BCUT2D eigenvalue weighted by Crippen LogP contribution is -2.24. The molecule has 2 N–H and O–H groups in total. The fraction of sp³-hybridized carbons (Fsp3) is 0.211. The lowest BCUT2D eigenvalue weighted by atomic mass is 10.1. The number of hydrogen-bond donors (Lipinski definition) is 2. The normalized spacial score (nSPS) is 10.9. The molecule has 3 rings (SSSR count). The molecule has 8 heteroatoms. The largest absolute Gasteiger partial charge is 0.439 e. The molecular weight excluding hydrogens is 415 g/mol. The van der Waals surface area contributed by atoms with Crippen molar-refractivity contribution in [2.75, 3.05) is 0 Å². The van der Waals surface area contributed by atoms with E-state index in [0.29, 0.717) is 21.7 Å². The third kappa shape index (κ3) is 4.51. The molecule has 0 saturated heterocycles. The summed E-state index contributed by atoms with van der Waals surface area (Å²) in [6.45, 7) is 4.20. The fourth-order valence-corrected chi connectivity index (χ4v) is 3.24. The molecule has 0 spiro atoms. The Kier molecular flexibility index (Phi) is 5.85. The number of hydrogen-bond acceptors (Lipinski definition) is 4. The highest BCUT2D eigenvalue weighted by Gasteiger charge is 2.19. The number of benzene rings is 1. The average Bonchev–Trinajstić information content (AvgIpc) is 3.02. The maximum absolute atomic E-state index is 13.3. The van der Waals surface area contributed by atoms with Crippen LogP contribution in [0.25, 0.3) is 0 Å². The van der Waals surface area contributed by atoms with Crippen molar-refractivity contribution in [1.29, 1.82) is 0 Å². The number of H-pyrrole nitrogens is 1. The van der Waals surface area contributed by atoms with Gasteiger partial charge in [-0.1, -0.05) is 26.0 Å². The van der Waals surface area contributed by atoms with Crippen molar-refractivity contribution in [1.82, 2.24) is 20.5 Å². The number of aromatic amines is 1. The van der Waals surface area contributed by atoms with Crippen molar-refractivity contribution in [2.45, 2.75) is 26.3 Å². The number of aromatic nitrogens is 3. The molecule has 1 amide bonds. The van der Waals surface area contributed by atoms with Gasteiger partial charge in [0.25, 0.3) is 5.91 Å². The summed E-state index contributed by atoms with van der Waals surface area (Å²) in [6.07, 6.45) is 1.57. The van der Waals surface area contributed by atoms with E-state index >= 15 is 0 Å². The highest BCUT2D eigenvalue weighted by atomic mass is 79.9. The number of nitrogens with zero attached hydrogens (tertiary/aromatic N) is 2. The van der Waals surface area contributed by atoms with E-state index in [9.17, 15) is 9.18 Å². The number of carbonyl (C=O) groups is 1. The van der Waals surface area contributed by atoms with E-state index in [2.05, 4.69) is 36.4 Å². The quantitative estimate of drug-likeness (QED) is 0.598. The molecule has 0 saturated carbocycles. The molecule has 140 valence electrons. The second-order valence-corrected chi connectivity index (χ2v) is 6.96. The Morgan fingerprint density at radius 2 is 2.15 bits per heavy atom. The van der Waals surface area contributed by atoms with Crippen LogP contribution < -0.4 is 10.1 Å². The fourth-order valence-electron chi connectivity index (χ4n) is 2.43. The summed E-state index contributed by atoms with van der Waals surface area (Å²) in [5.74, 6) is 0.108. The SMILES string of the molecule is CC(C)c1[nH]nc(C(=O)NCc2cccnc2Oc2cccc(F)c2)c1Br. The third-order valence-electron chi connectivity index (χ3n) is 3.82. The number of amides is 1. The van der Waals surface area contributed by atoms with Crippen LogP contribution in [-0.4, -0.2) is 21.1 Å². The van der Waals surface area contributed by atoms with Gasteiger partial charge in [0.2, 0.25) is 5.88 Å². The Morgan fingerprint density at radius 3 is 2.85 bits per heavy atom. The predicted octanol–water partition coefficient (Wildman–Crippen LogP) is 4.55. The third-order valence-corrected chi connectivity index (χ3v) is 4.63. The first-order valence-corrected chi connectivity index (χ1v) is 9.14. The Morgan fingerprint density at radius 1 is 1.33 bits per heavy atom. The van der Waals surface area contributed by atoms with E-state index in [-0.39, 0.29) is 24.1 Å². The van der Waals surface area contributed by atoms with Gasteiger partial charge in [-0.15, -0.1) is 0 Å². The molecule has 0 unspecified atom stereocenters. The van der Waals surface area contributed by atoms with Crippen LogP contribution in [0.5, 0.6) is 11.6 Å². The molecule has 0 bridgehead atoms. The molecule has 6 nitrogen and oxygen atoms in total. The minimum atomic E-state index is -0.400. The second-order valence-electron chi connectivity index (χ2n) is 6.16. The number of ether oxygens (including phenoxy) is 1. The number of nitrogens with one attached hydrogen (secondary N) is 2. The van der Waals surface area contributed by atoms with Crippen molar-refractivity contribution in [3.8, 4) is 11.6 Å². The maximum Gasteiger partial charge on any atom is 0.273 e. The highest BCUT2D eigenvalue weighted by Crippen LogP contribution is 2.26. The summed E-state index contributed by atoms with van der Waals surface area (Å²) in [7, 11) is 0. The van der Waals surface area contributed by atoms with Crippen LogP contribution in [0.15, 0.2) is 47.1 Å². The zero-order valence-electron chi connectivity index (χ0n) is 14.8. The van der Waals surface area contributed by atoms with Gasteiger partial charge >= 0.3 is 0 Å². The monoisotopic (exact) mass is 432 g/mol. The Hall–Kier alpha value is -2.74. The zero-order chi connectivity index (χ0) is 19.4. The van der Waals surface area contributed by atoms with Gasteiger partial charge in [-0.2, -0.15) is 5.10 Å². The van der Waals surface area contributed by atoms with E-state index in [0.717, 1.165) is 5.69 Å². The molecule has 3 aromatic rings. The topological polar surface area (TPSA) is 79.9 Å². The Balaban J connectivity index is 1.72. The van der Waals surface area contributed by atoms with Gasteiger partial charge in [-0.3, -0.25) is 9.89 Å². The second kappa shape index (κ2) is 8.30. The van der Waals surface area contributed by atoms with Gasteiger partial charge in [-0.25, -0.2) is 9.37 Å². The summed E-state index contributed by atoms with van der Waals surface area (Å²) in [6, 6.07) is 9.30. The molecule has 0 aliphatic carbocycles. The number of carbonyl (C=O) groups excluding carboxylic acids is 1. The average molecular weight is 433 g/mol. The first-order valence-electron chi connectivity index (χ1n) is 8.35. The van der Waals surface area contributed by atoms with Crippen molar-refractivity contribution in [2.24, 2.45) is 0 Å². The molecule has 0 radical (unpaired) electrons. The minimum Gasteiger partial charge on any atom is -0.439 e. The van der Waals surface area contributed by atoms with Crippen LogP contribution in [0.4, 0.5) is 4.39 Å². The summed E-state index contributed by atoms with van der Waals surface area (Å²) < 4.78 is 19.6. The number of halogens is 2. The lowest BCUT2D eigenvalue weighted by molar-refractivity contribution is 0.0945. The molecule has 2 heterocycles. The lowest BCUT2D eigenvalue weighted by Gasteiger charge is -2.10. The smallest absolute Gasteiger partial charge is 0.273 e. The molecular formula is C19H18BrFN4O2. The first-order chi connectivity index (χ1) is 13.0. The van der Waals surface area contributed by atoms with E-state index in [1.807, 2.05) is 13.8 Å². The van der Waals surface area contributed by atoms with Gasteiger partial charge in [0, 0.05) is 24.4 Å². The van der Waals surface area contributed by atoms with Crippen molar-refractivity contribution in [3.05, 3.63) is 69.8 Å². The van der Waals surface area contributed by atoms with Crippen molar-refractivity contribution >= 4 is 21.8 Å². The number of pyridine rings is 1. The van der Waals surface area contributed by atoms with E-state index < -0.39 is 5.82 Å². The van der Waals surface area contributed by atoms with Gasteiger partial charge in [-0.05, 0) is 40.0 Å². The van der Waals surface area contributed by atoms with Crippen LogP contribution in [0.3, 0.4) is 0 Å². The molecule has 0 atom stereocenters. The van der Waals surface area contributed by atoms with Crippen LogP contribution >= 0.6 is 15.9 Å². The Labute approximate surface area is 164 Å². The molecule has 27 heavy (non-hydrogen) atoms. The van der Waals surface area contributed by atoms with Gasteiger partial charge < -0.3 is 10.1 Å². The van der Waals surface area contributed by atoms with Crippen molar-refractivity contribution < 1.29 is 13.9 Å². The zero-order valence-corrected chi connectivity index (χ0v) is 16.4. The van der Waals surface area contributed by atoms with Crippen LogP contribution in [0.2, 0.25) is 0 Å². The molecule has 0 aliphatic heterocycles. The summed E-state index contributed by atoms with van der Waals surface area (Å²) >= 11 is 3.42. The predicted molar refractivity (Wildman–Crippen MR) is 102 cm³/mol. The van der Waals surface area contributed by atoms with E-state index in [4.69, 9.17) is 4.74 Å². The Bertz CT molecular complexity index is 958. The standard InChI is InChI=1S/C19H18BrFN4O2/c1-11(2)16-15(20)17(25-24-16)18(26)23-10-12-5-4-8-22-19(12)27-14-7-3-6-13(21)9-14/h3-9,11H,10H2,1-2H3,(H,23,26)(H,24,25). The maximum atomic E-state index is 13.3. The van der Waals surface area contributed by atoms with Gasteiger partial charge in [0.05, 0.1) is 10.2 Å². The molecule has 0 aliphatic rings. The summed E-state index contributed by atoms with van der Waals surface area (Å²) in [5, 5.41) is 9.75. The summed E-state index contributed by atoms with van der Waals surface area (Å²) in [5.41, 5.74) is 1.80. The van der Waals surface area contributed by atoms with Gasteiger partial charge in [0.1, 0.15) is 11.6 Å². The molecule has 1 aromatic carbocycles. The van der Waals surface area contributed by atoms with Crippen LogP contribution in [0, 0.1) is 5.82 Å². The van der Waals surface area contributed by atoms with Crippen LogP contribution in [-0.2, 0) is 6.54 Å². The molecule has 2 aromatic heterocycles. The van der Waals surface area contributed by atoms with E-state index in [1.54, 1.807) is 30.5 Å². The van der Waals surface area contributed by atoms with Crippen LogP contribution in [0.1, 0.15) is 41.5 Å². The van der Waals surface area contributed by atoms with Gasteiger partial charge in [0.15, 0.2) is 5.69 Å². The number of rotatable bonds is 6.